The van der Waals surface area contributed by atoms with Gasteiger partial charge in [-0.15, -0.1) is 0 Å². The Hall–Kier alpha value is -1.96. The number of alkyl halides is 3. The first-order chi connectivity index (χ1) is 14.3. The molecule has 1 aromatic heterocycles. The molecule has 0 unspecified atom stereocenters. The number of benzene rings is 1. The van der Waals surface area contributed by atoms with E-state index in [9.17, 15) is 30.0 Å². The lowest BCUT2D eigenvalue weighted by molar-refractivity contribution is -0.137. The van der Waals surface area contributed by atoms with Crippen LogP contribution in [0.25, 0.3) is 0 Å². The summed E-state index contributed by atoms with van der Waals surface area (Å²) in [4.78, 5) is -0.162. The molecule has 0 aliphatic carbocycles. The van der Waals surface area contributed by atoms with Gasteiger partial charge in [0.05, 0.1) is 21.8 Å². The molecule has 8 nitrogen and oxygen atoms in total. The molecule has 0 saturated carbocycles. The van der Waals surface area contributed by atoms with E-state index in [0.29, 0.717) is 11.4 Å². The van der Waals surface area contributed by atoms with Crippen LogP contribution in [0, 0.1) is 13.8 Å². The molecule has 0 bridgehead atoms. The highest BCUT2D eigenvalue weighted by molar-refractivity contribution is 7.89. The van der Waals surface area contributed by atoms with E-state index in [1.54, 1.807) is 20.9 Å². The lowest BCUT2D eigenvalue weighted by Gasteiger charge is -2.22. The predicted octanol–water partition coefficient (Wildman–Crippen LogP) is 2.14. The van der Waals surface area contributed by atoms with Crippen LogP contribution in [0.4, 0.5) is 13.2 Å². The van der Waals surface area contributed by atoms with Gasteiger partial charge in [0.25, 0.3) is 0 Å². The maximum absolute atomic E-state index is 13.2. The summed E-state index contributed by atoms with van der Waals surface area (Å²) in [6.45, 7) is 3.23. The maximum Gasteiger partial charge on any atom is 0.416 e. The summed E-state index contributed by atoms with van der Waals surface area (Å²) < 4.78 is 94.2. The normalized spacial score (nSPS) is 17.6. The van der Waals surface area contributed by atoms with Crippen molar-refractivity contribution >= 4 is 20.0 Å². The summed E-state index contributed by atoms with van der Waals surface area (Å²) in [5, 5.41) is 4.14. The molecule has 1 fully saturated rings. The van der Waals surface area contributed by atoms with Crippen LogP contribution >= 0.6 is 0 Å². The fourth-order valence-electron chi connectivity index (χ4n) is 3.57. The Morgan fingerprint density at radius 2 is 1.39 bits per heavy atom. The van der Waals surface area contributed by atoms with E-state index in [0.717, 1.165) is 28.6 Å². The second-order valence-electron chi connectivity index (χ2n) is 7.31. The molecule has 2 heterocycles. The molecule has 1 saturated heterocycles. The Balaban J connectivity index is 1.82. The Morgan fingerprint density at radius 3 is 1.84 bits per heavy atom. The highest BCUT2D eigenvalue weighted by atomic mass is 32.2. The zero-order chi connectivity index (χ0) is 23.2. The van der Waals surface area contributed by atoms with Gasteiger partial charge in [-0.1, -0.05) is 0 Å². The topological polar surface area (TPSA) is 92.6 Å². The number of aryl methyl sites for hydroxylation is 2. The molecule has 1 aliphatic rings. The van der Waals surface area contributed by atoms with Crippen molar-refractivity contribution in [3.63, 3.8) is 0 Å². The molecule has 1 aliphatic heterocycles. The second kappa shape index (κ2) is 8.19. The average Bonchev–Trinajstić information content (AvgIpc) is 2.86. The van der Waals surface area contributed by atoms with E-state index in [-0.39, 0.29) is 42.4 Å². The Kier molecular flexibility index (Phi) is 6.26. The number of sulfonamides is 2. The van der Waals surface area contributed by atoms with Crippen LogP contribution in [0.2, 0.25) is 0 Å². The van der Waals surface area contributed by atoms with Gasteiger partial charge < -0.3 is 0 Å². The van der Waals surface area contributed by atoms with Gasteiger partial charge in [-0.05, 0) is 44.5 Å². The first-order valence-electron chi connectivity index (χ1n) is 9.44. The van der Waals surface area contributed by atoms with Gasteiger partial charge >= 0.3 is 6.18 Å². The quantitative estimate of drug-likeness (QED) is 0.669. The van der Waals surface area contributed by atoms with Crippen LogP contribution in [0.3, 0.4) is 0 Å². The van der Waals surface area contributed by atoms with Crippen LogP contribution in [0.5, 0.6) is 0 Å². The van der Waals surface area contributed by atoms with Crippen molar-refractivity contribution < 1.29 is 30.0 Å². The average molecular weight is 481 g/mol. The van der Waals surface area contributed by atoms with Crippen LogP contribution in [0.1, 0.15) is 23.4 Å². The van der Waals surface area contributed by atoms with Gasteiger partial charge in [-0.3, -0.25) is 4.68 Å². The summed E-state index contributed by atoms with van der Waals surface area (Å²) in [5.41, 5.74) is -0.101. The summed E-state index contributed by atoms with van der Waals surface area (Å²) in [6.07, 6.45) is -4.32. The fourth-order valence-corrected chi connectivity index (χ4v) is 6.91. The van der Waals surface area contributed by atoms with Crippen LogP contribution in [-0.2, 0) is 33.3 Å². The molecule has 0 radical (unpaired) electrons. The largest absolute Gasteiger partial charge is 0.416 e. The number of nitrogens with zero attached hydrogens (tertiary/aromatic N) is 4. The number of hydrogen-bond donors (Lipinski definition) is 0. The predicted molar refractivity (Wildman–Crippen MR) is 106 cm³/mol. The summed E-state index contributed by atoms with van der Waals surface area (Å²) in [7, 11) is -6.30. The van der Waals surface area contributed by atoms with E-state index in [4.69, 9.17) is 0 Å². The molecule has 0 spiro atoms. The number of halogens is 3. The third-order valence-corrected chi connectivity index (χ3v) is 9.34. The van der Waals surface area contributed by atoms with Crippen molar-refractivity contribution in [2.45, 2.75) is 36.2 Å². The van der Waals surface area contributed by atoms with Crippen molar-refractivity contribution in [1.29, 1.82) is 0 Å². The molecule has 1 aromatic carbocycles. The van der Waals surface area contributed by atoms with Crippen molar-refractivity contribution in [3.05, 3.63) is 41.2 Å². The molecular weight excluding hydrogens is 457 g/mol. The van der Waals surface area contributed by atoms with Gasteiger partial charge in [0.1, 0.15) is 4.90 Å². The van der Waals surface area contributed by atoms with Crippen LogP contribution in [-0.4, -0.2) is 61.4 Å². The van der Waals surface area contributed by atoms with Crippen LogP contribution in [0.15, 0.2) is 34.1 Å². The summed E-state index contributed by atoms with van der Waals surface area (Å²) >= 11 is 0. The Labute approximate surface area is 179 Å². The summed E-state index contributed by atoms with van der Waals surface area (Å²) in [6, 6.07) is 3.27. The molecule has 0 N–H and O–H groups in total. The number of aromatic nitrogens is 2. The molecule has 0 amide bonds. The molecule has 2 aromatic rings. The number of hydrogen-bond acceptors (Lipinski definition) is 5. The summed E-state index contributed by atoms with van der Waals surface area (Å²) in [5.74, 6) is 0. The monoisotopic (exact) mass is 480 g/mol. The van der Waals surface area contributed by atoms with Gasteiger partial charge in [0, 0.05) is 33.2 Å². The zero-order valence-electron chi connectivity index (χ0n) is 17.2. The highest BCUT2D eigenvalue weighted by Gasteiger charge is 2.35. The fraction of sp³-hybridized carbons (Fsp3) is 0.500. The van der Waals surface area contributed by atoms with Crippen LogP contribution < -0.4 is 0 Å². The molecule has 13 heteroatoms. The second-order valence-corrected chi connectivity index (χ2v) is 11.1. The van der Waals surface area contributed by atoms with E-state index < -0.39 is 31.8 Å². The lowest BCUT2D eigenvalue weighted by atomic mass is 10.2. The molecule has 0 atom stereocenters. The first kappa shape index (κ1) is 23.7. The minimum absolute atomic E-state index is 0.0559. The van der Waals surface area contributed by atoms with E-state index >= 15 is 0 Å². The lowest BCUT2D eigenvalue weighted by Crippen LogP contribution is -2.37. The van der Waals surface area contributed by atoms with E-state index in [1.807, 2.05) is 0 Å². The van der Waals surface area contributed by atoms with E-state index in [1.165, 1.54) is 8.99 Å². The van der Waals surface area contributed by atoms with Crippen molar-refractivity contribution in [2.75, 3.05) is 26.2 Å². The third kappa shape index (κ3) is 4.49. The Morgan fingerprint density at radius 1 is 0.871 bits per heavy atom. The van der Waals surface area contributed by atoms with Gasteiger partial charge in [-0.25, -0.2) is 16.8 Å². The molecule has 3 rings (SSSR count). The molecule has 31 heavy (non-hydrogen) atoms. The van der Waals surface area contributed by atoms with Gasteiger partial charge in [0.2, 0.25) is 20.0 Å². The van der Waals surface area contributed by atoms with Crippen molar-refractivity contribution in [1.82, 2.24) is 18.4 Å². The third-order valence-electron chi connectivity index (χ3n) is 5.27. The highest BCUT2D eigenvalue weighted by Crippen LogP contribution is 2.30. The molecular formula is C18H23F3N4O4S2. The minimum atomic E-state index is -4.57. The standard InChI is InChI=1S/C18H23F3N4O4S2/c1-13-17(14(2)23(3)22-13)31(28,29)25-10-4-9-24(11-12-25)30(26,27)16-7-5-15(6-8-16)18(19,20)21/h5-8H,4,9-12H2,1-3H3. The van der Waals surface area contributed by atoms with E-state index in [2.05, 4.69) is 5.10 Å². The van der Waals surface area contributed by atoms with Crippen molar-refractivity contribution in [2.24, 2.45) is 7.05 Å². The smallest absolute Gasteiger partial charge is 0.271 e. The first-order valence-corrected chi connectivity index (χ1v) is 12.3. The van der Waals surface area contributed by atoms with Crippen molar-refractivity contribution in [3.8, 4) is 0 Å². The van der Waals surface area contributed by atoms with Gasteiger partial charge in [0.15, 0.2) is 0 Å². The number of rotatable bonds is 4. The zero-order valence-corrected chi connectivity index (χ0v) is 18.9. The SMILES string of the molecule is Cc1nn(C)c(C)c1S(=O)(=O)N1CCCN(S(=O)(=O)c2ccc(C(F)(F)F)cc2)CC1. The molecule has 172 valence electrons. The van der Waals surface area contributed by atoms with Gasteiger partial charge in [-0.2, -0.15) is 26.9 Å². The maximum atomic E-state index is 13.2. The minimum Gasteiger partial charge on any atom is -0.271 e. The Bertz CT molecular complexity index is 1170.